The van der Waals surface area contributed by atoms with Gasteiger partial charge < -0.3 is 18.8 Å². The molecular weight excluding hydrogens is 393 g/mol. The molecule has 7 heteroatoms. The van der Waals surface area contributed by atoms with Gasteiger partial charge in [-0.15, -0.1) is 0 Å². The van der Waals surface area contributed by atoms with Crippen molar-refractivity contribution in [3.05, 3.63) is 29.8 Å². The maximum Gasteiger partial charge on any atom is 0.494 e. The Bertz CT molecular complexity index is 809. The first kappa shape index (κ1) is 22.6. The van der Waals surface area contributed by atoms with Crippen LogP contribution in [0.2, 0.25) is 0 Å². The van der Waals surface area contributed by atoms with Gasteiger partial charge in [0.25, 0.3) is 0 Å². The summed E-state index contributed by atoms with van der Waals surface area (Å²) in [6.45, 7) is 15.0. The van der Waals surface area contributed by atoms with Crippen LogP contribution in [0.5, 0.6) is 0 Å². The van der Waals surface area contributed by atoms with Gasteiger partial charge in [0.1, 0.15) is 5.60 Å². The minimum absolute atomic E-state index is 0.173. The van der Waals surface area contributed by atoms with Gasteiger partial charge in [-0.3, -0.25) is 4.90 Å². The highest BCUT2D eigenvalue weighted by atomic mass is 16.7. The highest BCUT2D eigenvalue weighted by molar-refractivity contribution is 6.62. The van der Waals surface area contributed by atoms with E-state index in [9.17, 15) is 4.79 Å². The summed E-state index contributed by atoms with van der Waals surface area (Å²) in [5.41, 5.74) is 0.512. The largest absolute Gasteiger partial charge is 0.494 e. The molecule has 170 valence electrons. The Morgan fingerprint density at radius 1 is 1.06 bits per heavy atom. The molecule has 4 rings (SSSR count). The Hall–Kier alpha value is -1.57. The van der Waals surface area contributed by atoms with Crippen LogP contribution < -0.4 is 5.46 Å². The zero-order valence-corrected chi connectivity index (χ0v) is 20.0. The van der Waals surface area contributed by atoms with E-state index in [0.717, 1.165) is 30.3 Å². The van der Waals surface area contributed by atoms with Crippen LogP contribution in [0.3, 0.4) is 0 Å². The Kier molecular flexibility index (Phi) is 5.47. The monoisotopic (exact) mass is 429 g/mol. The van der Waals surface area contributed by atoms with Crippen LogP contribution in [-0.2, 0) is 18.8 Å². The molecular formula is C24H36BNO5. The van der Waals surface area contributed by atoms with E-state index in [0.29, 0.717) is 13.2 Å². The summed E-state index contributed by atoms with van der Waals surface area (Å²) in [6, 6.07) is 7.97. The number of carbonyl (C=O) groups excluding carboxylic acids is 1. The molecule has 0 bridgehead atoms. The molecule has 0 radical (unpaired) electrons. The van der Waals surface area contributed by atoms with Crippen LogP contribution in [0.4, 0.5) is 4.79 Å². The molecule has 0 aromatic heterocycles. The van der Waals surface area contributed by atoms with Gasteiger partial charge in [-0.2, -0.15) is 0 Å². The van der Waals surface area contributed by atoms with Crippen LogP contribution in [0.15, 0.2) is 24.3 Å². The van der Waals surface area contributed by atoms with E-state index < -0.39 is 12.7 Å². The van der Waals surface area contributed by atoms with Gasteiger partial charge in [0.05, 0.1) is 36.0 Å². The molecule has 0 N–H and O–H groups in total. The third-order valence-electron chi connectivity index (χ3n) is 7.12. The Morgan fingerprint density at radius 3 is 2.13 bits per heavy atom. The normalized spacial score (nSPS) is 26.6. The van der Waals surface area contributed by atoms with Crippen LogP contribution in [-0.4, -0.2) is 53.7 Å². The number of rotatable bonds is 2. The fourth-order valence-electron chi connectivity index (χ4n) is 4.33. The predicted molar refractivity (Wildman–Crippen MR) is 120 cm³/mol. The maximum absolute atomic E-state index is 13.1. The average Bonchev–Trinajstić information content (AvgIpc) is 2.86. The van der Waals surface area contributed by atoms with Gasteiger partial charge in [0.15, 0.2) is 0 Å². The fraction of sp³-hybridized carbons (Fsp3) is 0.708. The lowest BCUT2D eigenvalue weighted by molar-refractivity contribution is -0.168. The number of hydrogen-bond donors (Lipinski definition) is 0. The topological polar surface area (TPSA) is 57.2 Å². The van der Waals surface area contributed by atoms with E-state index in [2.05, 4.69) is 27.7 Å². The van der Waals surface area contributed by atoms with Crippen molar-refractivity contribution < 1.29 is 23.6 Å². The summed E-state index contributed by atoms with van der Waals surface area (Å²) < 4.78 is 24.3. The first-order valence-corrected chi connectivity index (χ1v) is 11.4. The lowest BCUT2D eigenvalue weighted by Gasteiger charge is -2.51. The third kappa shape index (κ3) is 4.37. The van der Waals surface area contributed by atoms with Crippen LogP contribution in [0, 0.1) is 0 Å². The van der Waals surface area contributed by atoms with Gasteiger partial charge >= 0.3 is 13.2 Å². The lowest BCUT2D eigenvalue weighted by atomic mass is 9.77. The van der Waals surface area contributed by atoms with Crippen LogP contribution >= 0.6 is 0 Å². The van der Waals surface area contributed by atoms with E-state index in [1.807, 2.05) is 49.9 Å². The molecule has 2 aliphatic heterocycles. The summed E-state index contributed by atoms with van der Waals surface area (Å²) in [5.74, 6) is 0. The molecule has 1 spiro atoms. The molecule has 1 saturated carbocycles. The van der Waals surface area contributed by atoms with Crippen molar-refractivity contribution in [1.29, 1.82) is 0 Å². The molecule has 1 aromatic rings. The summed E-state index contributed by atoms with van der Waals surface area (Å²) in [6.07, 6.45) is 2.87. The second-order valence-electron chi connectivity index (χ2n) is 11.2. The summed E-state index contributed by atoms with van der Waals surface area (Å²) in [4.78, 5) is 14.9. The Morgan fingerprint density at radius 2 is 1.65 bits per heavy atom. The molecule has 6 nitrogen and oxygen atoms in total. The third-order valence-corrected chi connectivity index (χ3v) is 7.12. The summed E-state index contributed by atoms with van der Waals surface area (Å²) >= 11 is 0. The molecule has 3 aliphatic rings. The number of carbonyl (C=O) groups is 1. The molecule has 2 heterocycles. The number of morpholine rings is 1. The SMILES string of the molecule is CC(C)(C)OC(=O)N1CC2(CCC2)OCC1c1ccc(B2OC(C)(C)C(C)(C)O2)cc1. The number of ether oxygens (including phenoxy) is 2. The number of benzene rings is 1. The maximum atomic E-state index is 13.1. The van der Waals surface area contributed by atoms with E-state index >= 15 is 0 Å². The number of hydrogen-bond acceptors (Lipinski definition) is 5. The lowest BCUT2D eigenvalue weighted by Crippen LogP contribution is -2.58. The Labute approximate surface area is 186 Å². The summed E-state index contributed by atoms with van der Waals surface area (Å²) in [5, 5.41) is 0. The Balaban J connectivity index is 1.53. The quantitative estimate of drug-likeness (QED) is 0.659. The second-order valence-corrected chi connectivity index (χ2v) is 11.2. The van der Waals surface area contributed by atoms with Crippen molar-refractivity contribution >= 4 is 18.7 Å². The fourth-order valence-corrected chi connectivity index (χ4v) is 4.33. The number of nitrogens with zero attached hydrogens (tertiary/aromatic N) is 1. The standard InChI is InChI=1S/C24H36BNO5/c1-21(2,3)29-20(27)26-16-24(13-8-14-24)28-15-19(26)17-9-11-18(12-10-17)25-30-22(4,5)23(6,7)31-25/h9-12,19H,8,13-16H2,1-7H3. The number of amides is 1. The minimum Gasteiger partial charge on any atom is -0.444 e. The molecule has 31 heavy (non-hydrogen) atoms. The van der Waals surface area contributed by atoms with E-state index in [1.54, 1.807) is 0 Å². The van der Waals surface area contributed by atoms with Gasteiger partial charge in [-0.05, 0) is 78.8 Å². The van der Waals surface area contributed by atoms with E-state index in [4.69, 9.17) is 18.8 Å². The van der Waals surface area contributed by atoms with E-state index in [1.165, 1.54) is 0 Å². The van der Waals surface area contributed by atoms with Gasteiger partial charge in [0.2, 0.25) is 0 Å². The highest BCUT2D eigenvalue weighted by Gasteiger charge is 2.52. The van der Waals surface area contributed by atoms with Crippen LogP contribution in [0.25, 0.3) is 0 Å². The molecule has 1 aliphatic carbocycles. The van der Waals surface area contributed by atoms with Crippen molar-refractivity contribution in [2.45, 2.75) is 96.2 Å². The van der Waals surface area contributed by atoms with Gasteiger partial charge in [-0.1, -0.05) is 24.3 Å². The second kappa shape index (κ2) is 7.50. The van der Waals surface area contributed by atoms with E-state index in [-0.39, 0.29) is 28.9 Å². The summed E-state index contributed by atoms with van der Waals surface area (Å²) in [7, 11) is -0.401. The van der Waals surface area contributed by atoms with Crippen molar-refractivity contribution in [2.75, 3.05) is 13.2 Å². The molecule has 2 saturated heterocycles. The zero-order valence-electron chi connectivity index (χ0n) is 20.0. The molecule has 1 amide bonds. The van der Waals surface area contributed by atoms with Crippen molar-refractivity contribution in [3.8, 4) is 0 Å². The average molecular weight is 429 g/mol. The first-order valence-electron chi connectivity index (χ1n) is 11.4. The molecule has 1 unspecified atom stereocenters. The molecule has 1 aromatic carbocycles. The minimum atomic E-state index is -0.534. The molecule has 3 fully saturated rings. The predicted octanol–water partition coefficient (Wildman–Crippen LogP) is 4.22. The zero-order chi connectivity index (χ0) is 22.7. The van der Waals surface area contributed by atoms with Crippen molar-refractivity contribution in [2.24, 2.45) is 0 Å². The molecule has 1 atom stereocenters. The van der Waals surface area contributed by atoms with Gasteiger partial charge in [-0.25, -0.2) is 4.79 Å². The first-order chi connectivity index (χ1) is 14.3. The van der Waals surface area contributed by atoms with Gasteiger partial charge in [0, 0.05) is 0 Å². The smallest absolute Gasteiger partial charge is 0.444 e. The van der Waals surface area contributed by atoms with Crippen molar-refractivity contribution in [3.63, 3.8) is 0 Å². The van der Waals surface area contributed by atoms with Crippen LogP contribution in [0.1, 0.15) is 79.3 Å². The highest BCUT2D eigenvalue weighted by Crippen LogP contribution is 2.43. The van der Waals surface area contributed by atoms with Crippen molar-refractivity contribution in [1.82, 2.24) is 4.90 Å².